The molecule has 1 aliphatic heterocycles. The van der Waals surface area contributed by atoms with Gasteiger partial charge >= 0.3 is 0 Å². The largest absolute Gasteiger partial charge is 0.339 e. The smallest absolute Gasteiger partial charge is 0.223 e. The summed E-state index contributed by atoms with van der Waals surface area (Å²) in [6, 6.07) is 11.1. The van der Waals surface area contributed by atoms with Gasteiger partial charge in [-0.1, -0.05) is 43.2 Å². The zero-order valence-corrected chi connectivity index (χ0v) is 13.0. The number of amides is 1. The molecule has 0 N–H and O–H groups in total. The minimum Gasteiger partial charge on any atom is -0.339 e. The van der Waals surface area contributed by atoms with Crippen molar-refractivity contribution in [1.29, 1.82) is 0 Å². The van der Waals surface area contributed by atoms with Crippen molar-refractivity contribution in [2.24, 2.45) is 5.92 Å². The van der Waals surface area contributed by atoms with Crippen molar-refractivity contribution in [3.05, 3.63) is 35.9 Å². The van der Waals surface area contributed by atoms with Crippen LogP contribution in [0.4, 0.5) is 0 Å². The lowest BCUT2D eigenvalue weighted by molar-refractivity contribution is -0.129. The molecular formula is C18H26N2O. The van der Waals surface area contributed by atoms with Crippen molar-refractivity contribution in [3.63, 3.8) is 0 Å². The lowest BCUT2D eigenvalue weighted by Crippen LogP contribution is -2.35. The van der Waals surface area contributed by atoms with E-state index in [1.807, 2.05) is 0 Å². The maximum absolute atomic E-state index is 12.2. The van der Waals surface area contributed by atoms with E-state index in [0.29, 0.717) is 17.9 Å². The third-order valence-electron chi connectivity index (χ3n) is 4.87. The molecule has 2 aliphatic rings. The molecule has 3 heteroatoms. The Morgan fingerprint density at radius 3 is 2.62 bits per heavy atom. The Morgan fingerprint density at radius 1 is 1.19 bits per heavy atom. The second-order valence-corrected chi connectivity index (χ2v) is 6.74. The molecule has 1 aromatic carbocycles. The molecular weight excluding hydrogens is 260 g/mol. The zero-order valence-electron chi connectivity index (χ0n) is 13.0. The fourth-order valence-corrected chi connectivity index (χ4v) is 3.90. The molecule has 1 aromatic rings. The highest BCUT2D eigenvalue weighted by Gasteiger charge is 2.35. The van der Waals surface area contributed by atoms with Crippen LogP contribution in [0.25, 0.3) is 0 Å². The number of hydrogen-bond donors (Lipinski definition) is 0. The van der Waals surface area contributed by atoms with Gasteiger partial charge < -0.3 is 9.80 Å². The Balaban J connectivity index is 1.50. The van der Waals surface area contributed by atoms with Crippen LogP contribution < -0.4 is 0 Å². The Morgan fingerprint density at radius 2 is 1.90 bits per heavy atom. The van der Waals surface area contributed by atoms with Gasteiger partial charge in [0.25, 0.3) is 0 Å². The summed E-state index contributed by atoms with van der Waals surface area (Å²) in [5, 5.41) is 0. The number of benzene rings is 1. The van der Waals surface area contributed by atoms with Crippen LogP contribution >= 0.6 is 0 Å². The first-order chi connectivity index (χ1) is 10.2. The summed E-state index contributed by atoms with van der Waals surface area (Å²) in [6.07, 6.45) is 5.78. The monoisotopic (exact) mass is 286 g/mol. The zero-order chi connectivity index (χ0) is 14.7. The Bertz CT molecular complexity index is 467. The van der Waals surface area contributed by atoms with Crippen molar-refractivity contribution in [2.45, 2.75) is 44.7 Å². The molecule has 0 spiro atoms. The van der Waals surface area contributed by atoms with Gasteiger partial charge in [0.15, 0.2) is 0 Å². The lowest BCUT2D eigenvalue weighted by atomic mass is 10.1. The molecule has 1 atom stereocenters. The van der Waals surface area contributed by atoms with E-state index in [0.717, 1.165) is 26.1 Å². The molecule has 0 aromatic heterocycles. The fourth-order valence-electron chi connectivity index (χ4n) is 3.90. The van der Waals surface area contributed by atoms with E-state index in [2.05, 4.69) is 47.2 Å². The summed E-state index contributed by atoms with van der Waals surface area (Å²) in [5.74, 6) is 0.895. The summed E-state index contributed by atoms with van der Waals surface area (Å²) in [5.41, 5.74) is 1.34. The minimum absolute atomic E-state index is 0.389. The number of likely N-dealkylation sites (tertiary alicyclic amines) is 1. The van der Waals surface area contributed by atoms with E-state index in [9.17, 15) is 4.79 Å². The van der Waals surface area contributed by atoms with E-state index < -0.39 is 0 Å². The standard InChI is InChI=1S/C18H26N2O/c1-19(12-15-7-3-2-4-8-15)13-16-11-18(21)20(14-16)17-9-5-6-10-17/h2-4,7-8,16-17H,5-6,9-14H2,1H3. The normalized spacial score (nSPS) is 23.4. The van der Waals surface area contributed by atoms with Gasteiger partial charge in [0.2, 0.25) is 5.91 Å². The van der Waals surface area contributed by atoms with E-state index in [1.54, 1.807) is 0 Å². The Kier molecular flexibility index (Phi) is 4.59. The molecule has 3 rings (SSSR count). The maximum atomic E-state index is 12.2. The van der Waals surface area contributed by atoms with Crippen molar-refractivity contribution in [3.8, 4) is 0 Å². The first-order valence-electron chi connectivity index (χ1n) is 8.24. The van der Waals surface area contributed by atoms with Crippen LogP contribution in [0, 0.1) is 5.92 Å². The molecule has 0 bridgehead atoms. The molecule has 1 saturated heterocycles. The first kappa shape index (κ1) is 14.6. The van der Waals surface area contributed by atoms with E-state index in [-0.39, 0.29) is 0 Å². The fraction of sp³-hybridized carbons (Fsp3) is 0.611. The van der Waals surface area contributed by atoms with Gasteiger partial charge in [-0.3, -0.25) is 4.79 Å². The number of carbonyl (C=O) groups excluding carboxylic acids is 1. The van der Waals surface area contributed by atoms with E-state index in [4.69, 9.17) is 0 Å². The number of rotatable bonds is 5. The summed E-state index contributed by atoms with van der Waals surface area (Å²) >= 11 is 0. The summed E-state index contributed by atoms with van der Waals surface area (Å²) in [7, 11) is 2.16. The first-order valence-corrected chi connectivity index (χ1v) is 8.24. The molecule has 114 valence electrons. The van der Waals surface area contributed by atoms with Crippen molar-refractivity contribution < 1.29 is 4.79 Å². The predicted octanol–water partition coefficient (Wildman–Crippen LogP) is 2.91. The third kappa shape index (κ3) is 3.65. The highest BCUT2D eigenvalue weighted by Crippen LogP contribution is 2.29. The maximum Gasteiger partial charge on any atom is 0.223 e. The summed E-state index contributed by atoms with van der Waals surface area (Å²) in [4.78, 5) is 16.7. The van der Waals surface area contributed by atoms with Gasteiger partial charge in [-0.05, 0) is 31.4 Å². The molecule has 1 amide bonds. The van der Waals surface area contributed by atoms with Crippen LogP contribution in [0.3, 0.4) is 0 Å². The number of hydrogen-bond acceptors (Lipinski definition) is 2. The van der Waals surface area contributed by atoms with E-state index in [1.165, 1.54) is 31.2 Å². The van der Waals surface area contributed by atoms with Gasteiger partial charge in [-0.15, -0.1) is 0 Å². The number of nitrogens with zero attached hydrogens (tertiary/aromatic N) is 2. The SMILES string of the molecule is CN(Cc1ccccc1)CC1CC(=O)N(C2CCCC2)C1. The topological polar surface area (TPSA) is 23.6 Å². The highest BCUT2D eigenvalue weighted by molar-refractivity contribution is 5.79. The second kappa shape index (κ2) is 6.61. The van der Waals surface area contributed by atoms with Crippen LogP contribution in [-0.2, 0) is 11.3 Å². The summed E-state index contributed by atoms with van der Waals surface area (Å²) < 4.78 is 0. The van der Waals surface area contributed by atoms with Crippen molar-refractivity contribution in [1.82, 2.24) is 9.80 Å². The van der Waals surface area contributed by atoms with Crippen molar-refractivity contribution >= 4 is 5.91 Å². The van der Waals surface area contributed by atoms with Gasteiger partial charge in [-0.2, -0.15) is 0 Å². The lowest BCUT2D eigenvalue weighted by Gasteiger charge is -2.25. The van der Waals surface area contributed by atoms with Crippen molar-refractivity contribution in [2.75, 3.05) is 20.1 Å². The second-order valence-electron chi connectivity index (χ2n) is 6.74. The Hall–Kier alpha value is -1.35. The van der Waals surface area contributed by atoms with Crippen LogP contribution in [0.1, 0.15) is 37.7 Å². The average Bonchev–Trinajstić information content (AvgIpc) is 3.09. The van der Waals surface area contributed by atoms with Gasteiger partial charge in [0, 0.05) is 32.1 Å². The molecule has 1 unspecified atom stereocenters. The summed E-state index contributed by atoms with van der Waals surface area (Å²) in [6.45, 7) is 2.96. The van der Waals surface area contributed by atoms with Gasteiger partial charge in [0.05, 0.1) is 0 Å². The van der Waals surface area contributed by atoms with Crippen LogP contribution in [0.15, 0.2) is 30.3 Å². The van der Waals surface area contributed by atoms with Crippen LogP contribution in [0.5, 0.6) is 0 Å². The highest BCUT2D eigenvalue weighted by atomic mass is 16.2. The molecule has 21 heavy (non-hydrogen) atoms. The van der Waals surface area contributed by atoms with Gasteiger partial charge in [0.1, 0.15) is 0 Å². The van der Waals surface area contributed by atoms with E-state index >= 15 is 0 Å². The van der Waals surface area contributed by atoms with Gasteiger partial charge in [-0.25, -0.2) is 0 Å². The molecule has 2 fully saturated rings. The molecule has 1 heterocycles. The molecule has 1 aliphatic carbocycles. The molecule has 3 nitrogen and oxygen atoms in total. The quantitative estimate of drug-likeness (QED) is 0.831. The molecule has 1 saturated carbocycles. The number of carbonyl (C=O) groups is 1. The van der Waals surface area contributed by atoms with Crippen LogP contribution in [0.2, 0.25) is 0 Å². The third-order valence-corrected chi connectivity index (χ3v) is 4.87. The average molecular weight is 286 g/mol. The Labute approximate surface area is 127 Å². The predicted molar refractivity (Wildman–Crippen MR) is 84.9 cm³/mol. The minimum atomic E-state index is 0.389. The molecule has 0 radical (unpaired) electrons. The van der Waals surface area contributed by atoms with Crippen LogP contribution in [-0.4, -0.2) is 41.9 Å².